The summed E-state index contributed by atoms with van der Waals surface area (Å²) in [6, 6.07) is 0. The topological polar surface area (TPSA) is 65.0 Å². The average Bonchev–Trinajstić information content (AvgIpc) is 2.76. The highest BCUT2D eigenvalue weighted by atomic mass is 28.3. The van der Waals surface area contributed by atoms with Crippen LogP contribution in [0.3, 0.4) is 0 Å². The Morgan fingerprint density at radius 1 is 1.19 bits per heavy atom. The molecule has 8 atom stereocenters. The first-order valence-corrected chi connectivity index (χ1v) is 17.9. The highest BCUT2D eigenvalue weighted by Gasteiger charge is 2.62. The van der Waals surface area contributed by atoms with E-state index in [2.05, 4.69) is 86.7 Å². The second kappa shape index (κ2) is 10.3. The summed E-state index contributed by atoms with van der Waals surface area (Å²) < 4.78 is 19.1. The van der Waals surface area contributed by atoms with Crippen molar-refractivity contribution in [3.63, 3.8) is 0 Å². The average molecular weight is 551 g/mol. The molecule has 3 aliphatic rings. The van der Waals surface area contributed by atoms with Crippen molar-refractivity contribution in [3.8, 4) is 0 Å². The van der Waals surface area contributed by atoms with E-state index in [-0.39, 0.29) is 40.2 Å². The molecule has 0 radical (unpaired) electrons. The number of allylic oxidation sites excluding steroid dienone is 2. The van der Waals surface area contributed by atoms with Crippen LogP contribution in [-0.2, 0) is 18.4 Å². The van der Waals surface area contributed by atoms with Crippen LogP contribution < -0.4 is 0 Å². The van der Waals surface area contributed by atoms with Gasteiger partial charge in [-0.25, -0.2) is 4.79 Å². The molecule has 0 aromatic rings. The van der Waals surface area contributed by atoms with E-state index in [4.69, 9.17) is 13.6 Å². The number of fused-ring (bicyclic) bond motifs is 1. The number of hydrogen-bond acceptors (Lipinski definition) is 5. The summed E-state index contributed by atoms with van der Waals surface area (Å²) in [4.78, 5) is 13.4. The van der Waals surface area contributed by atoms with Crippen LogP contribution in [-0.4, -0.2) is 54.0 Å². The fraction of sp³-hybridized carbons (Fsp3) is 0.833. The first kappa shape index (κ1) is 30.8. The Morgan fingerprint density at radius 2 is 1.81 bits per heavy atom. The van der Waals surface area contributed by atoms with Crippen LogP contribution in [0.1, 0.15) is 88.0 Å². The fourth-order valence-corrected chi connectivity index (χ4v) is 9.19. The summed E-state index contributed by atoms with van der Waals surface area (Å²) in [6.45, 7) is 24.1. The van der Waals surface area contributed by atoms with Crippen molar-refractivity contribution >= 4 is 25.5 Å². The number of rotatable bonds is 6. The summed E-state index contributed by atoms with van der Waals surface area (Å²) >= 11 is 0. The maximum absolute atomic E-state index is 13.4. The maximum atomic E-state index is 13.4. The van der Waals surface area contributed by atoms with E-state index < -0.39 is 26.3 Å². The van der Waals surface area contributed by atoms with Gasteiger partial charge in [0.25, 0.3) is 0 Å². The molecule has 2 aliphatic carbocycles. The van der Waals surface area contributed by atoms with E-state index in [0.717, 1.165) is 19.3 Å². The zero-order valence-electron chi connectivity index (χ0n) is 25.6. The van der Waals surface area contributed by atoms with Crippen molar-refractivity contribution in [2.24, 2.45) is 34.0 Å². The molecule has 0 bridgehead atoms. The molecule has 5 nitrogen and oxygen atoms in total. The van der Waals surface area contributed by atoms with E-state index in [1.807, 2.05) is 6.92 Å². The van der Waals surface area contributed by atoms with Gasteiger partial charge in [0.2, 0.25) is 0 Å². The molecule has 0 aromatic heterocycles. The van der Waals surface area contributed by atoms with Crippen molar-refractivity contribution < 1.29 is 23.5 Å². The molecular formula is C30H54O5Si2. The predicted octanol–water partition coefficient (Wildman–Crippen LogP) is 5.10. The lowest BCUT2D eigenvalue weighted by molar-refractivity contribution is -0.215. The minimum atomic E-state index is -1.45. The molecule has 0 amide bonds. The Hall–Kier alpha value is -0.736. The first-order valence-electron chi connectivity index (χ1n) is 14.3. The normalized spacial score (nSPS) is 40.9. The number of carbonyl (C=O) groups excluding carboxylic acids is 1. The third kappa shape index (κ3) is 5.37. The number of ether oxygens (including phenoxy) is 1. The highest BCUT2D eigenvalue weighted by Crippen LogP contribution is 2.56. The lowest BCUT2D eigenvalue weighted by Gasteiger charge is -2.57. The number of carbonyl (C=O) groups is 1. The molecule has 1 fully saturated rings. The van der Waals surface area contributed by atoms with Crippen LogP contribution in [0.5, 0.6) is 0 Å². The van der Waals surface area contributed by atoms with Gasteiger partial charge < -0.3 is 18.7 Å². The minimum Gasteiger partial charge on any atom is -0.460 e. The zero-order valence-corrected chi connectivity index (χ0v) is 28.8. The van der Waals surface area contributed by atoms with Crippen LogP contribution in [0.4, 0.5) is 0 Å². The lowest BCUT2D eigenvalue weighted by Crippen LogP contribution is -2.64. The number of aliphatic hydroxyl groups is 1. The van der Waals surface area contributed by atoms with Crippen LogP contribution in [0, 0.1) is 34.0 Å². The van der Waals surface area contributed by atoms with Crippen LogP contribution in [0.25, 0.3) is 0 Å². The van der Waals surface area contributed by atoms with Gasteiger partial charge >= 0.3 is 5.97 Å². The van der Waals surface area contributed by atoms with E-state index in [0.29, 0.717) is 22.8 Å². The first-order chi connectivity index (χ1) is 16.8. The molecule has 1 N–H and O–H groups in total. The van der Waals surface area contributed by atoms with Gasteiger partial charge in [-0.2, -0.15) is 0 Å². The van der Waals surface area contributed by atoms with Crippen molar-refractivity contribution in [3.05, 3.63) is 23.8 Å². The SMILES string of the molecule is C[C@H]1C=CC2=C[C@@H](C(C)(C)C)C[C@H](O)[C@@H]2[C@@]1(CC[C@@H]1C[C@](C)(C(C)(C)C)C(C)(O[SiH3])C(=O)O1)O[SiH](C)C. The van der Waals surface area contributed by atoms with Gasteiger partial charge in [0.1, 0.15) is 16.6 Å². The Labute approximate surface area is 231 Å². The Bertz CT molecular complexity index is 916. The Kier molecular flexibility index (Phi) is 8.61. The number of aliphatic hydroxyl groups excluding tert-OH is 1. The molecule has 212 valence electrons. The maximum Gasteiger partial charge on any atom is 0.337 e. The van der Waals surface area contributed by atoms with E-state index in [9.17, 15) is 9.90 Å². The molecule has 0 spiro atoms. The van der Waals surface area contributed by atoms with Crippen molar-refractivity contribution in [2.75, 3.05) is 0 Å². The molecule has 1 aliphatic heterocycles. The molecule has 0 saturated carbocycles. The molecular weight excluding hydrogens is 496 g/mol. The molecule has 1 saturated heterocycles. The molecule has 3 rings (SSSR count). The van der Waals surface area contributed by atoms with Crippen LogP contribution in [0.2, 0.25) is 13.1 Å². The molecule has 1 unspecified atom stereocenters. The number of hydrogen-bond donors (Lipinski definition) is 1. The van der Waals surface area contributed by atoms with E-state index in [1.165, 1.54) is 5.57 Å². The van der Waals surface area contributed by atoms with Gasteiger partial charge in [0.05, 0.1) is 11.7 Å². The van der Waals surface area contributed by atoms with Crippen LogP contribution >= 0.6 is 0 Å². The van der Waals surface area contributed by atoms with Gasteiger partial charge in [-0.15, -0.1) is 0 Å². The van der Waals surface area contributed by atoms with Gasteiger partial charge in [0.15, 0.2) is 14.6 Å². The lowest BCUT2D eigenvalue weighted by atomic mass is 9.55. The molecule has 0 aromatic carbocycles. The summed E-state index contributed by atoms with van der Waals surface area (Å²) in [5.74, 6) is 0.175. The predicted molar refractivity (Wildman–Crippen MR) is 157 cm³/mol. The number of cyclic esters (lactones) is 1. The highest BCUT2D eigenvalue weighted by molar-refractivity contribution is 6.48. The monoisotopic (exact) mass is 550 g/mol. The fourth-order valence-electron chi connectivity index (χ4n) is 7.21. The largest absolute Gasteiger partial charge is 0.460 e. The van der Waals surface area contributed by atoms with E-state index in [1.54, 1.807) is 0 Å². The second-order valence-electron chi connectivity index (χ2n) is 14.8. The zero-order chi connectivity index (χ0) is 28.2. The summed E-state index contributed by atoms with van der Waals surface area (Å²) in [7, 11) is -0.979. The molecule has 37 heavy (non-hydrogen) atoms. The van der Waals surface area contributed by atoms with Gasteiger partial charge in [0, 0.05) is 17.3 Å². The van der Waals surface area contributed by atoms with Crippen LogP contribution in [0.15, 0.2) is 23.8 Å². The Morgan fingerprint density at radius 3 is 2.32 bits per heavy atom. The van der Waals surface area contributed by atoms with Gasteiger partial charge in [-0.3, -0.25) is 0 Å². The minimum absolute atomic E-state index is 0.0652. The third-order valence-electron chi connectivity index (χ3n) is 10.3. The summed E-state index contributed by atoms with van der Waals surface area (Å²) in [5, 5.41) is 11.6. The third-order valence-corrected chi connectivity index (χ3v) is 12.1. The standard InChI is InChI=1S/C30H54O5Si2/c1-19-12-13-20-16-21(26(2,3)4)17-23(31)24(20)30(19,35-37(10)11)15-14-22-18-28(8,27(5,6)7)29(9,34-36)25(32)33-22/h12-13,16,19,21-24,31,37H,14-15,17-18H2,1-11,36H3/t19-,21+,22+,23-,24+,28+,29?,30-/m0/s1. The smallest absolute Gasteiger partial charge is 0.337 e. The molecule has 1 heterocycles. The van der Waals surface area contributed by atoms with Gasteiger partial charge in [-0.05, 0) is 68.0 Å². The number of esters is 1. The summed E-state index contributed by atoms with van der Waals surface area (Å²) in [6.07, 6.45) is 9.20. The van der Waals surface area contributed by atoms with E-state index >= 15 is 0 Å². The molecule has 7 heteroatoms. The van der Waals surface area contributed by atoms with Crippen molar-refractivity contribution in [1.82, 2.24) is 0 Å². The summed E-state index contributed by atoms with van der Waals surface area (Å²) in [5.41, 5.74) is -0.634. The van der Waals surface area contributed by atoms with Crippen molar-refractivity contribution in [1.29, 1.82) is 0 Å². The second-order valence-corrected chi connectivity index (χ2v) is 17.5. The van der Waals surface area contributed by atoms with Crippen molar-refractivity contribution in [2.45, 2.75) is 125 Å². The van der Waals surface area contributed by atoms with Gasteiger partial charge in [-0.1, -0.05) is 73.6 Å². The Balaban J connectivity index is 1.97. The quantitative estimate of drug-likeness (QED) is 0.368.